The Hall–Kier alpha value is -0.940. The lowest BCUT2D eigenvalue weighted by Crippen LogP contribution is -2.10. The SMILES string of the molecule is CC(C)OCc1nnc(CO)n1C1CC1. The van der Waals surface area contributed by atoms with Crippen LogP contribution in [-0.2, 0) is 18.0 Å². The van der Waals surface area contributed by atoms with Gasteiger partial charge in [-0.25, -0.2) is 0 Å². The third-order valence-corrected chi connectivity index (χ3v) is 2.44. The second-order valence-corrected chi connectivity index (χ2v) is 4.15. The van der Waals surface area contributed by atoms with Gasteiger partial charge in [0.1, 0.15) is 13.2 Å². The van der Waals surface area contributed by atoms with Gasteiger partial charge in [-0.2, -0.15) is 0 Å². The van der Waals surface area contributed by atoms with E-state index in [-0.39, 0.29) is 12.7 Å². The maximum atomic E-state index is 9.12. The van der Waals surface area contributed by atoms with Crippen LogP contribution in [0.4, 0.5) is 0 Å². The maximum Gasteiger partial charge on any atom is 0.159 e. The van der Waals surface area contributed by atoms with Gasteiger partial charge >= 0.3 is 0 Å². The van der Waals surface area contributed by atoms with E-state index in [1.165, 1.54) is 0 Å². The molecule has 0 radical (unpaired) electrons. The van der Waals surface area contributed by atoms with Crippen molar-refractivity contribution in [3.05, 3.63) is 11.6 Å². The molecule has 0 saturated heterocycles. The van der Waals surface area contributed by atoms with Crippen LogP contribution in [-0.4, -0.2) is 26.0 Å². The summed E-state index contributed by atoms with van der Waals surface area (Å²) in [4.78, 5) is 0. The summed E-state index contributed by atoms with van der Waals surface area (Å²) in [5.41, 5.74) is 0. The van der Waals surface area contributed by atoms with E-state index in [9.17, 15) is 0 Å². The third-order valence-electron chi connectivity index (χ3n) is 2.44. The number of aliphatic hydroxyl groups excluding tert-OH is 1. The van der Waals surface area contributed by atoms with E-state index < -0.39 is 0 Å². The second kappa shape index (κ2) is 4.28. The van der Waals surface area contributed by atoms with Crippen molar-refractivity contribution in [3.63, 3.8) is 0 Å². The average Bonchev–Trinajstić information content (AvgIpc) is 2.96. The molecule has 0 atom stereocenters. The highest BCUT2D eigenvalue weighted by Gasteiger charge is 2.29. The topological polar surface area (TPSA) is 60.2 Å². The lowest BCUT2D eigenvalue weighted by molar-refractivity contribution is 0.0590. The minimum absolute atomic E-state index is 0.0504. The standard InChI is InChI=1S/C10H17N3O2/c1-7(2)15-6-10-12-11-9(5-14)13(10)8-3-4-8/h7-8,14H,3-6H2,1-2H3. The van der Waals surface area contributed by atoms with Gasteiger partial charge in [0, 0.05) is 6.04 Å². The molecule has 0 spiro atoms. The monoisotopic (exact) mass is 211 g/mol. The molecule has 0 bridgehead atoms. The summed E-state index contributed by atoms with van der Waals surface area (Å²) < 4.78 is 7.52. The molecule has 0 aromatic carbocycles. The lowest BCUT2D eigenvalue weighted by atomic mass is 10.4. The second-order valence-electron chi connectivity index (χ2n) is 4.15. The van der Waals surface area contributed by atoms with Crippen LogP contribution in [0.25, 0.3) is 0 Å². The van der Waals surface area contributed by atoms with Gasteiger partial charge in [0.15, 0.2) is 11.6 Å². The predicted molar refractivity (Wildman–Crippen MR) is 54.1 cm³/mol. The van der Waals surface area contributed by atoms with E-state index in [1.807, 2.05) is 18.4 Å². The first-order valence-electron chi connectivity index (χ1n) is 5.37. The van der Waals surface area contributed by atoms with Crippen LogP contribution in [0.2, 0.25) is 0 Å². The van der Waals surface area contributed by atoms with Gasteiger partial charge in [0.05, 0.1) is 6.10 Å². The van der Waals surface area contributed by atoms with Gasteiger partial charge in [-0.3, -0.25) is 0 Å². The van der Waals surface area contributed by atoms with Gasteiger partial charge in [-0.1, -0.05) is 0 Å². The fourth-order valence-corrected chi connectivity index (χ4v) is 1.56. The summed E-state index contributed by atoms with van der Waals surface area (Å²) in [6, 6.07) is 0.480. The van der Waals surface area contributed by atoms with Gasteiger partial charge < -0.3 is 14.4 Å². The Morgan fingerprint density at radius 1 is 1.40 bits per heavy atom. The molecule has 15 heavy (non-hydrogen) atoms. The van der Waals surface area contributed by atoms with Crippen LogP contribution in [0, 0.1) is 0 Å². The van der Waals surface area contributed by atoms with Gasteiger partial charge in [-0.05, 0) is 26.7 Å². The largest absolute Gasteiger partial charge is 0.388 e. The molecular weight excluding hydrogens is 194 g/mol. The lowest BCUT2D eigenvalue weighted by Gasteiger charge is -2.09. The number of rotatable bonds is 5. The number of aromatic nitrogens is 3. The van der Waals surface area contributed by atoms with Gasteiger partial charge in [0.25, 0.3) is 0 Å². The van der Waals surface area contributed by atoms with Crippen LogP contribution in [0.15, 0.2) is 0 Å². The quantitative estimate of drug-likeness (QED) is 0.790. The van der Waals surface area contributed by atoms with Crippen LogP contribution in [0.1, 0.15) is 44.4 Å². The smallest absolute Gasteiger partial charge is 0.159 e. The predicted octanol–water partition coefficient (Wildman–Crippen LogP) is 1.03. The van der Waals surface area contributed by atoms with Crippen molar-refractivity contribution in [2.75, 3.05) is 0 Å². The van der Waals surface area contributed by atoms with Crippen molar-refractivity contribution in [1.82, 2.24) is 14.8 Å². The number of ether oxygens (including phenoxy) is 1. The van der Waals surface area contributed by atoms with Crippen molar-refractivity contribution in [2.45, 2.75) is 52.0 Å². The highest BCUT2D eigenvalue weighted by atomic mass is 16.5. The Morgan fingerprint density at radius 3 is 2.60 bits per heavy atom. The summed E-state index contributed by atoms with van der Waals surface area (Å²) in [7, 11) is 0. The fraction of sp³-hybridized carbons (Fsp3) is 0.800. The van der Waals surface area contributed by atoms with E-state index in [0.717, 1.165) is 18.7 Å². The first kappa shape index (κ1) is 10.6. The van der Waals surface area contributed by atoms with E-state index in [1.54, 1.807) is 0 Å². The molecule has 5 nitrogen and oxygen atoms in total. The van der Waals surface area contributed by atoms with Gasteiger partial charge in [0.2, 0.25) is 0 Å². The van der Waals surface area contributed by atoms with E-state index in [4.69, 9.17) is 9.84 Å². The number of aliphatic hydroxyl groups is 1. The third kappa shape index (κ3) is 2.35. The molecule has 1 heterocycles. The first-order chi connectivity index (χ1) is 7.22. The molecule has 1 fully saturated rings. The summed E-state index contributed by atoms with van der Waals surface area (Å²) in [5.74, 6) is 1.48. The van der Waals surface area contributed by atoms with Crippen molar-refractivity contribution >= 4 is 0 Å². The number of hydrogen-bond donors (Lipinski definition) is 1. The Bertz CT molecular complexity index is 331. The van der Waals surface area contributed by atoms with Crippen LogP contribution < -0.4 is 0 Å². The first-order valence-corrected chi connectivity index (χ1v) is 5.37. The van der Waals surface area contributed by atoms with Crippen LogP contribution in [0.3, 0.4) is 0 Å². The van der Waals surface area contributed by atoms with E-state index >= 15 is 0 Å². The summed E-state index contributed by atoms with van der Waals surface area (Å²) in [6.45, 7) is 4.40. The fourth-order valence-electron chi connectivity index (χ4n) is 1.56. The zero-order chi connectivity index (χ0) is 10.8. The molecule has 1 aliphatic rings. The Morgan fingerprint density at radius 2 is 2.07 bits per heavy atom. The molecule has 0 amide bonds. The van der Waals surface area contributed by atoms with Crippen molar-refractivity contribution in [1.29, 1.82) is 0 Å². The Balaban J connectivity index is 2.11. The summed E-state index contributed by atoms with van der Waals surface area (Å²) in [6.07, 6.45) is 2.49. The van der Waals surface area contributed by atoms with Crippen LogP contribution >= 0.6 is 0 Å². The molecule has 1 aliphatic carbocycles. The average molecular weight is 211 g/mol. The zero-order valence-electron chi connectivity index (χ0n) is 9.18. The number of nitrogens with zero attached hydrogens (tertiary/aromatic N) is 3. The molecular formula is C10H17N3O2. The van der Waals surface area contributed by atoms with Gasteiger partial charge in [-0.15, -0.1) is 10.2 Å². The summed E-state index contributed by atoms with van der Waals surface area (Å²) in [5, 5.41) is 17.1. The highest BCUT2D eigenvalue weighted by Crippen LogP contribution is 2.36. The van der Waals surface area contributed by atoms with Crippen molar-refractivity contribution in [3.8, 4) is 0 Å². The molecule has 1 aromatic heterocycles. The van der Waals surface area contributed by atoms with Crippen molar-refractivity contribution in [2.24, 2.45) is 0 Å². The molecule has 1 saturated carbocycles. The maximum absolute atomic E-state index is 9.12. The van der Waals surface area contributed by atoms with E-state index in [0.29, 0.717) is 18.5 Å². The minimum Gasteiger partial charge on any atom is -0.388 e. The van der Waals surface area contributed by atoms with Crippen molar-refractivity contribution < 1.29 is 9.84 Å². The molecule has 1 N–H and O–H groups in total. The molecule has 0 aliphatic heterocycles. The van der Waals surface area contributed by atoms with Crippen LogP contribution in [0.5, 0.6) is 0 Å². The molecule has 84 valence electrons. The normalized spacial score (nSPS) is 16.3. The number of hydrogen-bond acceptors (Lipinski definition) is 4. The zero-order valence-corrected chi connectivity index (χ0v) is 9.18. The minimum atomic E-state index is -0.0504. The Labute approximate surface area is 89.1 Å². The highest BCUT2D eigenvalue weighted by molar-refractivity contribution is 5.01. The van der Waals surface area contributed by atoms with E-state index in [2.05, 4.69) is 10.2 Å². The molecule has 1 aromatic rings. The summed E-state index contributed by atoms with van der Waals surface area (Å²) >= 11 is 0. The molecule has 0 unspecified atom stereocenters. The Kier molecular flexibility index (Phi) is 3.02. The molecule has 2 rings (SSSR count). The molecule has 5 heteroatoms.